The number of piperidine rings is 1. The Hall–Kier alpha value is -1.06. The topological polar surface area (TPSA) is 38.5 Å². The molecule has 1 aromatic carbocycles. The first-order valence-corrected chi connectivity index (χ1v) is 7.25. The van der Waals surface area contributed by atoms with Gasteiger partial charge in [0.15, 0.2) is 0 Å². The normalized spacial score (nSPS) is 26.1. The highest BCUT2D eigenvalue weighted by molar-refractivity contribution is 5.29. The fourth-order valence-electron chi connectivity index (χ4n) is 3.02. The van der Waals surface area contributed by atoms with Crippen molar-refractivity contribution in [3.8, 4) is 5.75 Å². The molecular weight excluding hydrogens is 236 g/mol. The molecule has 0 amide bonds. The molecule has 1 aliphatic heterocycles. The zero-order valence-corrected chi connectivity index (χ0v) is 12.3. The summed E-state index contributed by atoms with van der Waals surface area (Å²) in [5.41, 5.74) is 7.20. The highest BCUT2D eigenvalue weighted by Crippen LogP contribution is 2.30. The van der Waals surface area contributed by atoms with Crippen LogP contribution in [-0.4, -0.2) is 31.1 Å². The molecule has 1 aromatic rings. The zero-order chi connectivity index (χ0) is 13.8. The van der Waals surface area contributed by atoms with Gasteiger partial charge in [-0.05, 0) is 56.8 Å². The Morgan fingerprint density at radius 3 is 2.58 bits per heavy atom. The van der Waals surface area contributed by atoms with Crippen LogP contribution in [0.1, 0.15) is 38.3 Å². The maximum Gasteiger partial charge on any atom is 0.118 e. The van der Waals surface area contributed by atoms with Crippen molar-refractivity contribution in [1.29, 1.82) is 0 Å². The van der Waals surface area contributed by atoms with Crippen LogP contribution in [0.5, 0.6) is 5.75 Å². The summed E-state index contributed by atoms with van der Waals surface area (Å²) in [6, 6.07) is 9.50. The SMILES string of the molecule is COc1ccc(C(C)N2CC(CN)CCC2C)cc1. The van der Waals surface area contributed by atoms with Crippen molar-refractivity contribution in [1.82, 2.24) is 4.90 Å². The molecule has 1 heterocycles. The minimum Gasteiger partial charge on any atom is -0.497 e. The molecule has 0 aromatic heterocycles. The third-order valence-electron chi connectivity index (χ3n) is 4.46. The van der Waals surface area contributed by atoms with Crippen LogP contribution in [0, 0.1) is 5.92 Å². The lowest BCUT2D eigenvalue weighted by Gasteiger charge is -2.41. The number of methoxy groups -OCH3 is 1. The first-order chi connectivity index (χ1) is 9.15. The van der Waals surface area contributed by atoms with Crippen LogP contribution >= 0.6 is 0 Å². The van der Waals surface area contributed by atoms with Crippen molar-refractivity contribution < 1.29 is 4.74 Å². The van der Waals surface area contributed by atoms with Crippen LogP contribution in [0.15, 0.2) is 24.3 Å². The molecule has 3 atom stereocenters. The van der Waals surface area contributed by atoms with E-state index in [9.17, 15) is 0 Å². The monoisotopic (exact) mass is 262 g/mol. The molecule has 0 radical (unpaired) electrons. The van der Waals surface area contributed by atoms with Gasteiger partial charge in [-0.3, -0.25) is 4.90 Å². The van der Waals surface area contributed by atoms with E-state index in [-0.39, 0.29) is 0 Å². The molecule has 0 bridgehead atoms. The maximum atomic E-state index is 5.84. The molecule has 1 aliphatic rings. The molecule has 3 unspecified atom stereocenters. The summed E-state index contributed by atoms with van der Waals surface area (Å²) in [5, 5.41) is 0. The Balaban J connectivity index is 2.09. The Morgan fingerprint density at radius 1 is 1.32 bits per heavy atom. The molecule has 2 N–H and O–H groups in total. The minimum atomic E-state index is 0.440. The summed E-state index contributed by atoms with van der Waals surface area (Å²) in [4.78, 5) is 2.59. The van der Waals surface area contributed by atoms with Crippen molar-refractivity contribution in [2.45, 2.75) is 38.8 Å². The predicted molar refractivity (Wildman–Crippen MR) is 79.4 cm³/mol. The number of ether oxygens (including phenoxy) is 1. The number of nitrogens with zero attached hydrogens (tertiary/aromatic N) is 1. The van der Waals surface area contributed by atoms with E-state index in [0.717, 1.165) is 18.8 Å². The lowest BCUT2D eigenvalue weighted by atomic mass is 9.91. The van der Waals surface area contributed by atoms with Gasteiger partial charge in [0.1, 0.15) is 5.75 Å². The Bertz CT molecular complexity index is 390. The maximum absolute atomic E-state index is 5.84. The summed E-state index contributed by atoms with van der Waals surface area (Å²) >= 11 is 0. The molecule has 3 heteroatoms. The summed E-state index contributed by atoms with van der Waals surface area (Å²) in [7, 11) is 1.71. The highest BCUT2D eigenvalue weighted by Gasteiger charge is 2.28. The van der Waals surface area contributed by atoms with E-state index in [1.54, 1.807) is 7.11 Å². The van der Waals surface area contributed by atoms with Crippen molar-refractivity contribution in [2.75, 3.05) is 20.2 Å². The van der Waals surface area contributed by atoms with Gasteiger partial charge in [-0.2, -0.15) is 0 Å². The third kappa shape index (κ3) is 3.28. The molecular formula is C16H26N2O. The summed E-state index contributed by atoms with van der Waals surface area (Å²) < 4.78 is 5.22. The average Bonchev–Trinajstić information content (AvgIpc) is 2.47. The number of benzene rings is 1. The van der Waals surface area contributed by atoms with E-state index in [1.807, 2.05) is 12.1 Å². The second-order valence-corrected chi connectivity index (χ2v) is 5.67. The largest absolute Gasteiger partial charge is 0.497 e. The van der Waals surface area contributed by atoms with Crippen LogP contribution in [0.2, 0.25) is 0 Å². The second-order valence-electron chi connectivity index (χ2n) is 5.67. The van der Waals surface area contributed by atoms with Gasteiger partial charge in [-0.25, -0.2) is 0 Å². The van der Waals surface area contributed by atoms with Crippen LogP contribution in [0.4, 0.5) is 0 Å². The van der Waals surface area contributed by atoms with Gasteiger partial charge in [0, 0.05) is 18.6 Å². The molecule has 1 saturated heterocycles. The van der Waals surface area contributed by atoms with Gasteiger partial charge in [0.05, 0.1) is 7.11 Å². The quantitative estimate of drug-likeness (QED) is 0.907. The Labute approximate surface area is 116 Å². The molecule has 106 valence electrons. The van der Waals surface area contributed by atoms with Crippen LogP contribution in [0.25, 0.3) is 0 Å². The summed E-state index contributed by atoms with van der Waals surface area (Å²) in [6.07, 6.45) is 2.52. The smallest absolute Gasteiger partial charge is 0.118 e. The first kappa shape index (κ1) is 14.4. The molecule has 0 aliphatic carbocycles. The predicted octanol–water partition coefficient (Wildman–Crippen LogP) is 2.82. The number of nitrogens with two attached hydrogens (primary N) is 1. The van der Waals surface area contributed by atoms with Gasteiger partial charge < -0.3 is 10.5 Å². The summed E-state index contributed by atoms with van der Waals surface area (Å²) in [6.45, 7) is 6.54. The minimum absolute atomic E-state index is 0.440. The Morgan fingerprint density at radius 2 is 2.00 bits per heavy atom. The molecule has 1 fully saturated rings. The van der Waals surface area contributed by atoms with Crippen LogP contribution in [-0.2, 0) is 0 Å². The van der Waals surface area contributed by atoms with Crippen LogP contribution < -0.4 is 10.5 Å². The van der Waals surface area contributed by atoms with E-state index in [1.165, 1.54) is 18.4 Å². The first-order valence-electron chi connectivity index (χ1n) is 7.25. The lowest BCUT2D eigenvalue weighted by Crippen LogP contribution is -2.44. The van der Waals surface area contributed by atoms with E-state index < -0.39 is 0 Å². The Kier molecular flexibility index (Phi) is 4.83. The summed E-state index contributed by atoms with van der Waals surface area (Å²) in [5.74, 6) is 1.57. The number of hydrogen-bond acceptors (Lipinski definition) is 3. The molecule has 19 heavy (non-hydrogen) atoms. The average molecular weight is 262 g/mol. The van der Waals surface area contributed by atoms with Crippen LogP contribution in [0.3, 0.4) is 0 Å². The van der Waals surface area contributed by atoms with E-state index in [0.29, 0.717) is 18.0 Å². The van der Waals surface area contributed by atoms with E-state index in [4.69, 9.17) is 10.5 Å². The van der Waals surface area contributed by atoms with Crippen molar-refractivity contribution in [3.05, 3.63) is 29.8 Å². The van der Waals surface area contributed by atoms with E-state index in [2.05, 4.69) is 30.9 Å². The van der Waals surface area contributed by atoms with Crippen molar-refractivity contribution >= 4 is 0 Å². The molecule has 2 rings (SSSR count). The lowest BCUT2D eigenvalue weighted by molar-refractivity contribution is 0.0812. The molecule has 3 nitrogen and oxygen atoms in total. The molecule has 0 saturated carbocycles. The number of hydrogen-bond donors (Lipinski definition) is 1. The van der Waals surface area contributed by atoms with Crippen molar-refractivity contribution in [2.24, 2.45) is 11.7 Å². The van der Waals surface area contributed by atoms with Gasteiger partial charge in [-0.15, -0.1) is 0 Å². The highest BCUT2D eigenvalue weighted by atomic mass is 16.5. The van der Waals surface area contributed by atoms with Crippen molar-refractivity contribution in [3.63, 3.8) is 0 Å². The fraction of sp³-hybridized carbons (Fsp3) is 0.625. The third-order valence-corrected chi connectivity index (χ3v) is 4.46. The van der Waals surface area contributed by atoms with Gasteiger partial charge in [-0.1, -0.05) is 12.1 Å². The number of likely N-dealkylation sites (tertiary alicyclic amines) is 1. The van der Waals surface area contributed by atoms with Gasteiger partial charge in [0.2, 0.25) is 0 Å². The number of rotatable bonds is 4. The van der Waals surface area contributed by atoms with E-state index >= 15 is 0 Å². The second kappa shape index (κ2) is 6.40. The van der Waals surface area contributed by atoms with Gasteiger partial charge >= 0.3 is 0 Å². The fourth-order valence-corrected chi connectivity index (χ4v) is 3.02. The standard InChI is InChI=1S/C16H26N2O/c1-12-4-5-14(10-17)11-18(12)13(2)15-6-8-16(19-3)9-7-15/h6-9,12-14H,4-5,10-11,17H2,1-3H3. The zero-order valence-electron chi connectivity index (χ0n) is 12.3. The molecule has 0 spiro atoms. The van der Waals surface area contributed by atoms with Gasteiger partial charge in [0.25, 0.3) is 0 Å².